The Hall–Kier alpha value is -2.20. The Morgan fingerprint density at radius 3 is 2.56 bits per heavy atom. The first-order valence-electron chi connectivity index (χ1n) is 9.95. The van der Waals surface area contributed by atoms with Crippen molar-refractivity contribution in [1.82, 2.24) is 10.3 Å². The SMILES string of the molecule is CCCC[C@H]1Cc2c([nH]c3c(F)cc(CC)cc23)[C@H](c2ccc(F)cc2)N1. The zero-order chi connectivity index (χ0) is 19.0. The summed E-state index contributed by atoms with van der Waals surface area (Å²) in [5.41, 5.74) is 4.82. The highest BCUT2D eigenvalue weighted by atomic mass is 19.1. The van der Waals surface area contributed by atoms with Crippen molar-refractivity contribution >= 4 is 10.9 Å². The predicted octanol–water partition coefficient (Wildman–Crippen LogP) is 5.80. The van der Waals surface area contributed by atoms with Gasteiger partial charge in [-0.25, -0.2) is 8.78 Å². The van der Waals surface area contributed by atoms with Gasteiger partial charge in [0, 0.05) is 17.1 Å². The van der Waals surface area contributed by atoms with Crippen molar-refractivity contribution in [1.29, 1.82) is 0 Å². The van der Waals surface area contributed by atoms with Gasteiger partial charge in [0.1, 0.15) is 11.6 Å². The third-order valence-corrected chi connectivity index (χ3v) is 5.72. The van der Waals surface area contributed by atoms with Crippen LogP contribution in [-0.2, 0) is 12.8 Å². The lowest BCUT2D eigenvalue weighted by atomic mass is 9.88. The van der Waals surface area contributed by atoms with Gasteiger partial charge in [0.05, 0.1) is 11.6 Å². The molecule has 142 valence electrons. The second-order valence-electron chi connectivity index (χ2n) is 7.57. The molecular formula is C23H26F2N2. The van der Waals surface area contributed by atoms with Crippen LogP contribution in [0.5, 0.6) is 0 Å². The number of nitrogens with one attached hydrogen (secondary N) is 2. The molecule has 27 heavy (non-hydrogen) atoms. The summed E-state index contributed by atoms with van der Waals surface area (Å²) in [7, 11) is 0. The predicted molar refractivity (Wildman–Crippen MR) is 106 cm³/mol. The van der Waals surface area contributed by atoms with Crippen LogP contribution in [0, 0.1) is 11.6 Å². The fourth-order valence-electron chi connectivity index (χ4n) is 4.23. The van der Waals surface area contributed by atoms with E-state index in [2.05, 4.69) is 23.3 Å². The molecule has 1 aliphatic rings. The van der Waals surface area contributed by atoms with E-state index in [1.54, 1.807) is 6.07 Å². The summed E-state index contributed by atoms with van der Waals surface area (Å²) in [6.07, 6.45) is 5.08. The number of unbranched alkanes of at least 4 members (excludes halogenated alkanes) is 1. The third-order valence-electron chi connectivity index (χ3n) is 5.72. The number of aryl methyl sites for hydroxylation is 1. The third kappa shape index (κ3) is 3.39. The highest BCUT2D eigenvalue weighted by Gasteiger charge is 2.31. The van der Waals surface area contributed by atoms with Gasteiger partial charge in [-0.3, -0.25) is 0 Å². The average Bonchev–Trinajstić information content (AvgIpc) is 3.05. The van der Waals surface area contributed by atoms with E-state index in [4.69, 9.17) is 0 Å². The van der Waals surface area contributed by atoms with Crippen molar-refractivity contribution in [2.45, 2.75) is 58.0 Å². The van der Waals surface area contributed by atoms with Crippen molar-refractivity contribution in [3.63, 3.8) is 0 Å². The zero-order valence-corrected chi connectivity index (χ0v) is 15.9. The summed E-state index contributed by atoms with van der Waals surface area (Å²) in [5, 5.41) is 4.71. The fourth-order valence-corrected chi connectivity index (χ4v) is 4.23. The molecule has 4 heteroatoms. The van der Waals surface area contributed by atoms with Gasteiger partial charge < -0.3 is 10.3 Å². The molecule has 0 aliphatic carbocycles. The Kier molecular flexibility index (Phi) is 5.00. The number of aromatic amines is 1. The minimum Gasteiger partial charge on any atom is -0.354 e. The molecule has 2 heterocycles. The van der Waals surface area contributed by atoms with Gasteiger partial charge >= 0.3 is 0 Å². The number of rotatable bonds is 5. The zero-order valence-electron chi connectivity index (χ0n) is 15.9. The normalized spacial score (nSPS) is 19.4. The highest BCUT2D eigenvalue weighted by Crippen LogP contribution is 2.37. The summed E-state index contributed by atoms with van der Waals surface area (Å²) >= 11 is 0. The van der Waals surface area contributed by atoms with Crippen molar-refractivity contribution < 1.29 is 8.78 Å². The number of aromatic nitrogens is 1. The number of hydrogen-bond acceptors (Lipinski definition) is 1. The minimum absolute atomic E-state index is 0.0758. The Morgan fingerprint density at radius 2 is 1.85 bits per heavy atom. The van der Waals surface area contributed by atoms with Crippen LogP contribution in [0.1, 0.15) is 61.5 Å². The molecular weight excluding hydrogens is 342 g/mol. The molecule has 2 N–H and O–H groups in total. The first kappa shape index (κ1) is 18.2. The van der Waals surface area contributed by atoms with Gasteiger partial charge in [-0.1, -0.05) is 38.8 Å². The highest BCUT2D eigenvalue weighted by molar-refractivity contribution is 5.86. The van der Waals surface area contributed by atoms with Crippen LogP contribution in [-0.4, -0.2) is 11.0 Å². The lowest BCUT2D eigenvalue weighted by Gasteiger charge is -2.32. The maximum absolute atomic E-state index is 14.7. The van der Waals surface area contributed by atoms with Gasteiger partial charge in [0.2, 0.25) is 0 Å². The van der Waals surface area contributed by atoms with E-state index in [1.807, 2.05) is 19.1 Å². The molecule has 0 saturated carbocycles. The Balaban J connectivity index is 1.85. The first-order valence-corrected chi connectivity index (χ1v) is 9.95. The molecule has 0 fully saturated rings. The molecule has 0 bridgehead atoms. The average molecular weight is 368 g/mol. The van der Waals surface area contributed by atoms with Crippen molar-refractivity contribution in [3.8, 4) is 0 Å². The van der Waals surface area contributed by atoms with Gasteiger partial charge in [0.25, 0.3) is 0 Å². The van der Waals surface area contributed by atoms with Crippen LogP contribution in [0.25, 0.3) is 10.9 Å². The van der Waals surface area contributed by atoms with Crippen molar-refractivity contribution in [3.05, 3.63) is 70.4 Å². The lowest BCUT2D eigenvalue weighted by molar-refractivity contribution is 0.403. The minimum atomic E-state index is -0.243. The molecule has 0 spiro atoms. The number of halogens is 2. The monoisotopic (exact) mass is 368 g/mol. The van der Waals surface area contributed by atoms with E-state index in [1.165, 1.54) is 17.7 Å². The van der Waals surface area contributed by atoms with Crippen LogP contribution >= 0.6 is 0 Å². The van der Waals surface area contributed by atoms with Crippen LogP contribution in [0.4, 0.5) is 8.78 Å². The standard InChI is InChI=1S/C23H26F2N2/c1-3-5-6-17-13-19-18-11-14(4-2)12-20(25)22(18)27-23(19)21(26-17)15-7-9-16(24)10-8-15/h7-12,17,21,26-27H,3-6,13H2,1-2H3/t17-,21-/m0/s1. The van der Waals surface area contributed by atoms with Crippen LogP contribution in [0.2, 0.25) is 0 Å². The molecule has 0 radical (unpaired) electrons. The number of benzene rings is 2. The van der Waals surface area contributed by atoms with Crippen molar-refractivity contribution in [2.75, 3.05) is 0 Å². The largest absolute Gasteiger partial charge is 0.354 e. The van der Waals surface area contributed by atoms with E-state index in [0.717, 1.165) is 54.3 Å². The molecule has 2 aromatic carbocycles. The molecule has 1 aliphatic heterocycles. The number of fused-ring (bicyclic) bond motifs is 3. The smallest absolute Gasteiger partial charge is 0.147 e. The van der Waals surface area contributed by atoms with Crippen LogP contribution < -0.4 is 5.32 Å². The molecule has 0 amide bonds. The number of hydrogen-bond donors (Lipinski definition) is 2. The van der Waals surface area contributed by atoms with E-state index in [0.29, 0.717) is 11.6 Å². The first-order chi connectivity index (χ1) is 13.1. The quantitative estimate of drug-likeness (QED) is 0.585. The second-order valence-corrected chi connectivity index (χ2v) is 7.57. The van der Waals surface area contributed by atoms with E-state index >= 15 is 0 Å². The fraction of sp³-hybridized carbons (Fsp3) is 0.391. The summed E-state index contributed by atoms with van der Waals surface area (Å²) in [4.78, 5) is 3.34. The lowest BCUT2D eigenvalue weighted by Crippen LogP contribution is -2.39. The molecule has 0 saturated heterocycles. The Morgan fingerprint density at radius 1 is 1.07 bits per heavy atom. The maximum Gasteiger partial charge on any atom is 0.147 e. The molecule has 2 atom stereocenters. The maximum atomic E-state index is 14.7. The van der Waals surface area contributed by atoms with E-state index in [-0.39, 0.29) is 17.7 Å². The van der Waals surface area contributed by atoms with E-state index in [9.17, 15) is 8.78 Å². The summed E-state index contributed by atoms with van der Waals surface area (Å²) in [6.45, 7) is 4.24. The topological polar surface area (TPSA) is 27.8 Å². The molecule has 0 unspecified atom stereocenters. The van der Waals surface area contributed by atoms with Crippen LogP contribution in [0.15, 0.2) is 36.4 Å². The summed E-state index contributed by atoms with van der Waals surface area (Å²) in [6, 6.07) is 10.6. The molecule has 1 aromatic heterocycles. The van der Waals surface area contributed by atoms with Gasteiger partial charge in [-0.05, 0) is 60.2 Å². The number of H-pyrrole nitrogens is 1. The van der Waals surface area contributed by atoms with E-state index < -0.39 is 0 Å². The Bertz CT molecular complexity index is 943. The summed E-state index contributed by atoms with van der Waals surface area (Å²) in [5.74, 6) is -0.436. The summed E-state index contributed by atoms with van der Waals surface area (Å²) < 4.78 is 28.1. The van der Waals surface area contributed by atoms with Crippen LogP contribution in [0.3, 0.4) is 0 Å². The van der Waals surface area contributed by atoms with Gasteiger partial charge in [-0.2, -0.15) is 0 Å². The van der Waals surface area contributed by atoms with Gasteiger partial charge in [0.15, 0.2) is 0 Å². The van der Waals surface area contributed by atoms with Gasteiger partial charge in [-0.15, -0.1) is 0 Å². The second kappa shape index (κ2) is 7.43. The molecule has 2 nitrogen and oxygen atoms in total. The Labute approximate surface area is 159 Å². The molecule has 3 aromatic rings. The molecule has 4 rings (SSSR count). The van der Waals surface area contributed by atoms with Crippen molar-refractivity contribution in [2.24, 2.45) is 0 Å².